The first-order chi connectivity index (χ1) is 6.95. The van der Waals surface area contributed by atoms with Crippen LogP contribution in [0, 0.1) is 0 Å². The molecule has 0 unspecified atom stereocenters. The SMILES string of the molecule is c1cc(NC2CCCCCCC2)cs1. The molecule has 0 aromatic carbocycles. The Morgan fingerprint density at radius 3 is 2.43 bits per heavy atom. The van der Waals surface area contributed by atoms with Gasteiger partial charge in [-0.2, -0.15) is 11.3 Å². The third-order valence-electron chi connectivity index (χ3n) is 3.00. The number of hydrogen-bond donors (Lipinski definition) is 1. The molecular weight excluding hydrogens is 190 g/mol. The minimum atomic E-state index is 0.727. The quantitative estimate of drug-likeness (QED) is 0.767. The molecule has 0 spiro atoms. The minimum absolute atomic E-state index is 0.727. The fraction of sp³-hybridized carbons (Fsp3) is 0.667. The maximum atomic E-state index is 3.64. The fourth-order valence-electron chi connectivity index (χ4n) is 2.18. The first kappa shape index (κ1) is 10.0. The van der Waals surface area contributed by atoms with Gasteiger partial charge in [-0.1, -0.05) is 32.1 Å². The highest BCUT2D eigenvalue weighted by atomic mass is 32.1. The first-order valence-electron chi connectivity index (χ1n) is 5.74. The van der Waals surface area contributed by atoms with Crippen LogP contribution in [0.5, 0.6) is 0 Å². The molecule has 1 nitrogen and oxygen atoms in total. The molecule has 1 aliphatic rings. The molecule has 0 saturated heterocycles. The Morgan fingerprint density at radius 2 is 1.79 bits per heavy atom. The zero-order chi connectivity index (χ0) is 9.64. The third kappa shape index (κ3) is 3.02. The van der Waals surface area contributed by atoms with Gasteiger partial charge in [-0.05, 0) is 24.3 Å². The lowest BCUT2D eigenvalue weighted by Gasteiger charge is -2.21. The van der Waals surface area contributed by atoms with E-state index >= 15 is 0 Å². The van der Waals surface area contributed by atoms with E-state index in [9.17, 15) is 0 Å². The lowest BCUT2D eigenvalue weighted by atomic mass is 9.97. The summed E-state index contributed by atoms with van der Waals surface area (Å²) in [6.45, 7) is 0. The van der Waals surface area contributed by atoms with Crippen LogP contribution in [0.3, 0.4) is 0 Å². The highest BCUT2D eigenvalue weighted by Gasteiger charge is 2.10. The van der Waals surface area contributed by atoms with Gasteiger partial charge in [0.25, 0.3) is 0 Å². The molecule has 1 aromatic heterocycles. The number of hydrogen-bond acceptors (Lipinski definition) is 2. The van der Waals surface area contributed by atoms with E-state index in [0.29, 0.717) is 0 Å². The molecule has 1 N–H and O–H groups in total. The summed E-state index contributed by atoms with van der Waals surface area (Å²) in [5, 5.41) is 7.99. The van der Waals surface area contributed by atoms with Gasteiger partial charge in [0.2, 0.25) is 0 Å². The molecule has 1 aromatic rings. The maximum absolute atomic E-state index is 3.64. The second kappa shape index (κ2) is 5.40. The van der Waals surface area contributed by atoms with Crippen molar-refractivity contribution in [3.05, 3.63) is 16.8 Å². The zero-order valence-corrected chi connectivity index (χ0v) is 9.48. The smallest absolute Gasteiger partial charge is 0.0450 e. The van der Waals surface area contributed by atoms with Gasteiger partial charge in [-0.3, -0.25) is 0 Å². The Labute approximate surface area is 90.5 Å². The van der Waals surface area contributed by atoms with Gasteiger partial charge < -0.3 is 5.32 Å². The zero-order valence-electron chi connectivity index (χ0n) is 8.67. The molecule has 0 radical (unpaired) electrons. The molecule has 0 amide bonds. The first-order valence-corrected chi connectivity index (χ1v) is 6.68. The molecule has 1 saturated carbocycles. The standard InChI is InChI=1S/C12H19NS/c1-2-4-6-11(7-5-3-1)13-12-8-9-14-10-12/h8-11,13H,1-7H2. The fourth-order valence-corrected chi connectivity index (χ4v) is 2.78. The van der Waals surface area contributed by atoms with E-state index in [1.807, 2.05) is 0 Å². The van der Waals surface area contributed by atoms with Crippen molar-refractivity contribution in [1.29, 1.82) is 0 Å². The lowest BCUT2D eigenvalue weighted by molar-refractivity contribution is 0.471. The molecule has 1 aliphatic carbocycles. The normalized spacial score (nSPS) is 20.0. The molecule has 1 fully saturated rings. The Bertz CT molecular complexity index is 235. The van der Waals surface area contributed by atoms with Crippen molar-refractivity contribution in [3.63, 3.8) is 0 Å². The van der Waals surface area contributed by atoms with E-state index in [0.717, 1.165) is 6.04 Å². The Balaban J connectivity index is 1.83. The van der Waals surface area contributed by atoms with Gasteiger partial charge in [0, 0.05) is 17.1 Å². The number of thiophene rings is 1. The van der Waals surface area contributed by atoms with Crippen LogP contribution in [-0.2, 0) is 0 Å². The van der Waals surface area contributed by atoms with Crippen molar-refractivity contribution in [1.82, 2.24) is 0 Å². The number of anilines is 1. The monoisotopic (exact) mass is 209 g/mol. The second-order valence-corrected chi connectivity index (χ2v) is 4.98. The third-order valence-corrected chi connectivity index (χ3v) is 3.68. The molecule has 2 heteroatoms. The van der Waals surface area contributed by atoms with Gasteiger partial charge in [0.1, 0.15) is 0 Å². The average molecular weight is 209 g/mol. The van der Waals surface area contributed by atoms with Crippen molar-refractivity contribution in [2.75, 3.05) is 5.32 Å². The van der Waals surface area contributed by atoms with Crippen molar-refractivity contribution in [2.45, 2.75) is 51.0 Å². The molecule has 78 valence electrons. The highest BCUT2D eigenvalue weighted by molar-refractivity contribution is 7.08. The predicted octanol–water partition coefficient (Wildman–Crippen LogP) is 4.27. The summed E-state index contributed by atoms with van der Waals surface area (Å²) in [7, 11) is 0. The van der Waals surface area contributed by atoms with Crippen molar-refractivity contribution in [3.8, 4) is 0 Å². The average Bonchev–Trinajstić information content (AvgIpc) is 2.62. The van der Waals surface area contributed by atoms with E-state index in [4.69, 9.17) is 0 Å². The van der Waals surface area contributed by atoms with Gasteiger partial charge >= 0.3 is 0 Å². The van der Waals surface area contributed by atoms with Crippen LogP contribution in [0.1, 0.15) is 44.9 Å². The summed E-state index contributed by atoms with van der Waals surface area (Å²) in [6, 6.07) is 2.91. The van der Waals surface area contributed by atoms with Gasteiger partial charge in [-0.15, -0.1) is 0 Å². The van der Waals surface area contributed by atoms with Gasteiger partial charge in [-0.25, -0.2) is 0 Å². The van der Waals surface area contributed by atoms with E-state index in [1.165, 1.54) is 50.6 Å². The minimum Gasteiger partial charge on any atom is -0.382 e. The Kier molecular flexibility index (Phi) is 3.87. The molecule has 0 atom stereocenters. The van der Waals surface area contributed by atoms with Crippen LogP contribution in [0.25, 0.3) is 0 Å². The summed E-state index contributed by atoms with van der Waals surface area (Å²) >= 11 is 1.77. The summed E-state index contributed by atoms with van der Waals surface area (Å²) in [5.74, 6) is 0. The molecule has 0 aliphatic heterocycles. The predicted molar refractivity (Wildman–Crippen MR) is 64.0 cm³/mol. The Morgan fingerprint density at radius 1 is 1.07 bits per heavy atom. The summed E-state index contributed by atoms with van der Waals surface area (Å²) < 4.78 is 0. The lowest BCUT2D eigenvalue weighted by Crippen LogP contribution is -2.20. The van der Waals surface area contributed by atoms with E-state index in [1.54, 1.807) is 11.3 Å². The van der Waals surface area contributed by atoms with Crippen LogP contribution < -0.4 is 5.32 Å². The van der Waals surface area contributed by atoms with Crippen LogP contribution in [0.2, 0.25) is 0 Å². The van der Waals surface area contributed by atoms with Gasteiger partial charge in [0.05, 0.1) is 0 Å². The Hall–Kier alpha value is -0.500. The van der Waals surface area contributed by atoms with E-state index < -0.39 is 0 Å². The molecule has 2 rings (SSSR count). The highest BCUT2D eigenvalue weighted by Crippen LogP contribution is 2.21. The van der Waals surface area contributed by atoms with Crippen LogP contribution in [0.4, 0.5) is 5.69 Å². The van der Waals surface area contributed by atoms with E-state index in [2.05, 4.69) is 22.1 Å². The van der Waals surface area contributed by atoms with E-state index in [-0.39, 0.29) is 0 Å². The summed E-state index contributed by atoms with van der Waals surface area (Å²) in [4.78, 5) is 0. The molecule has 0 bridgehead atoms. The topological polar surface area (TPSA) is 12.0 Å². The summed E-state index contributed by atoms with van der Waals surface area (Å²) in [5.41, 5.74) is 1.32. The van der Waals surface area contributed by atoms with Crippen LogP contribution in [-0.4, -0.2) is 6.04 Å². The van der Waals surface area contributed by atoms with Crippen molar-refractivity contribution < 1.29 is 0 Å². The van der Waals surface area contributed by atoms with Gasteiger partial charge in [0.15, 0.2) is 0 Å². The number of nitrogens with one attached hydrogen (secondary N) is 1. The van der Waals surface area contributed by atoms with Crippen LogP contribution >= 0.6 is 11.3 Å². The number of rotatable bonds is 2. The van der Waals surface area contributed by atoms with Crippen molar-refractivity contribution >= 4 is 17.0 Å². The second-order valence-electron chi connectivity index (χ2n) is 4.20. The molecule has 1 heterocycles. The summed E-state index contributed by atoms with van der Waals surface area (Å²) in [6.07, 6.45) is 9.84. The molecule has 14 heavy (non-hydrogen) atoms. The van der Waals surface area contributed by atoms with Crippen molar-refractivity contribution in [2.24, 2.45) is 0 Å². The maximum Gasteiger partial charge on any atom is 0.0450 e. The molecular formula is C12H19NS. The van der Waals surface area contributed by atoms with Crippen LogP contribution in [0.15, 0.2) is 16.8 Å². The largest absolute Gasteiger partial charge is 0.382 e.